The van der Waals surface area contributed by atoms with Gasteiger partial charge in [0.15, 0.2) is 6.61 Å². The SMILES string of the molecule is CCCOc1ccc(OCC(=O)NCCCN2CCOCC2)cc1. The summed E-state index contributed by atoms with van der Waals surface area (Å²) in [5.41, 5.74) is 0. The first-order chi connectivity index (χ1) is 11.8. The van der Waals surface area contributed by atoms with Crippen LogP contribution in [0.2, 0.25) is 0 Å². The first-order valence-electron chi connectivity index (χ1n) is 8.70. The fourth-order valence-corrected chi connectivity index (χ4v) is 2.41. The molecule has 1 fully saturated rings. The van der Waals surface area contributed by atoms with Crippen molar-refractivity contribution in [3.05, 3.63) is 24.3 Å². The number of hydrogen-bond donors (Lipinski definition) is 1. The van der Waals surface area contributed by atoms with E-state index in [1.54, 1.807) is 0 Å². The van der Waals surface area contributed by atoms with E-state index < -0.39 is 0 Å². The third kappa shape index (κ3) is 7.19. The van der Waals surface area contributed by atoms with Gasteiger partial charge in [0.25, 0.3) is 5.91 Å². The Morgan fingerprint density at radius 2 is 1.83 bits per heavy atom. The zero-order valence-corrected chi connectivity index (χ0v) is 14.5. The van der Waals surface area contributed by atoms with Gasteiger partial charge in [0.05, 0.1) is 19.8 Å². The summed E-state index contributed by atoms with van der Waals surface area (Å²) in [6, 6.07) is 7.34. The van der Waals surface area contributed by atoms with Crippen molar-refractivity contribution in [3.8, 4) is 11.5 Å². The van der Waals surface area contributed by atoms with Gasteiger partial charge < -0.3 is 19.5 Å². The predicted molar refractivity (Wildman–Crippen MR) is 92.6 cm³/mol. The van der Waals surface area contributed by atoms with Crippen LogP contribution in [0, 0.1) is 0 Å². The average Bonchev–Trinajstić information content (AvgIpc) is 2.63. The zero-order chi connectivity index (χ0) is 17.0. The largest absolute Gasteiger partial charge is 0.494 e. The topological polar surface area (TPSA) is 60.0 Å². The van der Waals surface area contributed by atoms with Crippen LogP contribution < -0.4 is 14.8 Å². The first-order valence-corrected chi connectivity index (χ1v) is 8.70. The van der Waals surface area contributed by atoms with E-state index in [2.05, 4.69) is 17.1 Å². The van der Waals surface area contributed by atoms with Crippen molar-refractivity contribution >= 4 is 5.91 Å². The minimum absolute atomic E-state index is 0.0344. The fourth-order valence-electron chi connectivity index (χ4n) is 2.41. The first kappa shape index (κ1) is 18.5. The minimum Gasteiger partial charge on any atom is -0.494 e. The second-order valence-corrected chi connectivity index (χ2v) is 5.77. The van der Waals surface area contributed by atoms with Crippen LogP contribution in [0.1, 0.15) is 19.8 Å². The highest BCUT2D eigenvalue weighted by Crippen LogP contribution is 2.17. The lowest BCUT2D eigenvalue weighted by molar-refractivity contribution is -0.123. The van der Waals surface area contributed by atoms with Gasteiger partial charge in [-0.2, -0.15) is 0 Å². The molecule has 1 aliphatic rings. The summed E-state index contributed by atoms with van der Waals surface area (Å²) in [5.74, 6) is 1.39. The molecular weight excluding hydrogens is 308 g/mol. The van der Waals surface area contributed by atoms with Crippen molar-refractivity contribution in [1.29, 1.82) is 0 Å². The molecular formula is C18H28N2O4. The van der Waals surface area contributed by atoms with Gasteiger partial charge in [-0.1, -0.05) is 6.92 Å². The minimum atomic E-state index is -0.0942. The molecule has 1 saturated heterocycles. The van der Waals surface area contributed by atoms with Crippen LogP contribution in [0.5, 0.6) is 11.5 Å². The van der Waals surface area contributed by atoms with E-state index in [9.17, 15) is 4.79 Å². The summed E-state index contributed by atoms with van der Waals surface area (Å²) in [6.45, 7) is 8.04. The maximum absolute atomic E-state index is 11.8. The summed E-state index contributed by atoms with van der Waals surface area (Å²) in [4.78, 5) is 14.1. The number of amides is 1. The zero-order valence-electron chi connectivity index (χ0n) is 14.5. The molecule has 6 heteroatoms. The fraction of sp³-hybridized carbons (Fsp3) is 0.611. The van der Waals surface area contributed by atoms with E-state index >= 15 is 0 Å². The van der Waals surface area contributed by atoms with Gasteiger partial charge in [0.1, 0.15) is 11.5 Å². The van der Waals surface area contributed by atoms with Crippen molar-refractivity contribution in [3.63, 3.8) is 0 Å². The molecule has 0 unspecified atom stereocenters. The standard InChI is InChI=1S/C18H28N2O4/c1-2-12-23-16-4-6-17(7-5-16)24-15-18(21)19-8-3-9-20-10-13-22-14-11-20/h4-7H,2-3,8-15H2,1H3,(H,19,21). The number of morpholine rings is 1. The number of hydrogen-bond acceptors (Lipinski definition) is 5. The van der Waals surface area contributed by atoms with E-state index in [4.69, 9.17) is 14.2 Å². The number of carbonyl (C=O) groups is 1. The predicted octanol–water partition coefficient (Wildman–Crippen LogP) is 1.69. The Morgan fingerprint density at radius 1 is 1.17 bits per heavy atom. The van der Waals surface area contributed by atoms with Crippen LogP contribution in [0.15, 0.2) is 24.3 Å². The second kappa shape index (κ2) is 10.9. The Morgan fingerprint density at radius 3 is 2.50 bits per heavy atom. The highest BCUT2D eigenvalue weighted by atomic mass is 16.5. The highest BCUT2D eigenvalue weighted by Gasteiger charge is 2.09. The molecule has 1 N–H and O–H groups in total. The Kier molecular flexibility index (Phi) is 8.41. The Bertz CT molecular complexity index is 472. The van der Waals surface area contributed by atoms with Gasteiger partial charge in [0, 0.05) is 19.6 Å². The summed E-state index contributed by atoms with van der Waals surface area (Å²) >= 11 is 0. The quantitative estimate of drug-likeness (QED) is 0.659. The van der Waals surface area contributed by atoms with E-state index in [1.165, 1.54) is 0 Å². The van der Waals surface area contributed by atoms with Crippen molar-refractivity contribution in [1.82, 2.24) is 10.2 Å². The van der Waals surface area contributed by atoms with Crippen molar-refractivity contribution in [2.24, 2.45) is 0 Å². The van der Waals surface area contributed by atoms with E-state index in [-0.39, 0.29) is 12.5 Å². The van der Waals surface area contributed by atoms with Crippen LogP contribution >= 0.6 is 0 Å². The van der Waals surface area contributed by atoms with E-state index in [1.807, 2.05) is 24.3 Å². The van der Waals surface area contributed by atoms with Crippen LogP contribution in [0.4, 0.5) is 0 Å². The van der Waals surface area contributed by atoms with E-state index in [0.717, 1.165) is 51.4 Å². The molecule has 134 valence electrons. The second-order valence-electron chi connectivity index (χ2n) is 5.77. The van der Waals surface area contributed by atoms with Crippen molar-refractivity contribution in [2.45, 2.75) is 19.8 Å². The van der Waals surface area contributed by atoms with E-state index in [0.29, 0.717) is 18.9 Å². The molecule has 0 aromatic heterocycles. The molecule has 1 heterocycles. The smallest absolute Gasteiger partial charge is 0.257 e. The summed E-state index contributed by atoms with van der Waals surface area (Å²) in [7, 11) is 0. The third-order valence-corrected chi connectivity index (χ3v) is 3.74. The van der Waals surface area contributed by atoms with Gasteiger partial charge in [-0.15, -0.1) is 0 Å². The van der Waals surface area contributed by atoms with Gasteiger partial charge in [-0.3, -0.25) is 9.69 Å². The molecule has 0 spiro atoms. The van der Waals surface area contributed by atoms with Gasteiger partial charge in [0.2, 0.25) is 0 Å². The van der Waals surface area contributed by atoms with Gasteiger partial charge in [-0.05, 0) is 43.7 Å². The van der Waals surface area contributed by atoms with Crippen LogP contribution in [0.3, 0.4) is 0 Å². The average molecular weight is 336 g/mol. The third-order valence-electron chi connectivity index (χ3n) is 3.74. The normalized spacial score (nSPS) is 15.0. The summed E-state index contributed by atoms with van der Waals surface area (Å²) < 4.78 is 16.3. The molecule has 6 nitrogen and oxygen atoms in total. The molecule has 1 aliphatic heterocycles. The molecule has 24 heavy (non-hydrogen) atoms. The Labute approximate surface area is 144 Å². The van der Waals surface area contributed by atoms with Crippen molar-refractivity contribution < 1.29 is 19.0 Å². The molecule has 1 aromatic rings. The number of carbonyl (C=O) groups excluding carboxylic acids is 1. The summed E-state index contributed by atoms with van der Waals surface area (Å²) in [5, 5.41) is 2.89. The number of benzene rings is 1. The molecule has 0 radical (unpaired) electrons. The molecule has 1 amide bonds. The lowest BCUT2D eigenvalue weighted by Crippen LogP contribution is -2.38. The number of nitrogens with one attached hydrogen (secondary N) is 1. The Balaban J connectivity index is 1.55. The lowest BCUT2D eigenvalue weighted by Gasteiger charge is -2.26. The molecule has 2 rings (SSSR count). The Hall–Kier alpha value is -1.79. The highest BCUT2D eigenvalue weighted by molar-refractivity contribution is 5.77. The maximum atomic E-state index is 11.8. The van der Waals surface area contributed by atoms with Gasteiger partial charge in [-0.25, -0.2) is 0 Å². The van der Waals surface area contributed by atoms with Crippen molar-refractivity contribution in [2.75, 3.05) is 52.6 Å². The molecule has 0 aliphatic carbocycles. The number of rotatable bonds is 10. The molecule has 0 atom stereocenters. The lowest BCUT2D eigenvalue weighted by atomic mass is 10.3. The molecule has 0 saturated carbocycles. The molecule has 0 bridgehead atoms. The summed E-state index contributed by atoms with van der Waals surface area (Å²) in [6.07, 6.45) is 1.92. The maximum Gasteiger partial charge on any atom is 0.257 e. The molecule has 1 aromatic carbocycles. The van der Waals surface area contributed by atoms with Gasteiger partial charge >= 0.3 is 0 Å². The number of nitrogens with zero attached hydrogens (tertiary/aromatic N) is 1. The van der Waals surface area contributed by atoms with Crippen LogP contribution in [-0.2, 0) is 9.53 Å². The van der Waals surface area contributed by atoms with Crippen LogP contribution in [-0.4, -0.2) is 63.4 Å². The van der Waals surface area contributed by atoms with Crippen LogP contribution in [0.25, 0.3) is 0 Å². The number of ether oxygens (including phenoxy) is 3. The monoisotopic (exact) mass is 336 g/mol.